The molecule has 3 rings (SSSR count). The molecule has 2 aromatic rings. The Morgan fingerprint density at radius 2 is 1.67 bits per heavy atom. The molecule has 7 nitrogen and oxygen atoms in total. The number of aryl methyl sites for hydroxylation is 1. The fraction of sp³-hybridized carbons (Fsp3) is 0.435. The number of amides is 1. The van der Waals surface area contributed by atoms with Crippen LogP contribution in [0.3, 0.4) is 0 Å². The number of non-ortho nitro benzene ring substituents is 1. The summed E-state index contributed by atoms with van der Waals surface area (Å²) in [6.45, 7) is 7.16. The highest BCUT2D eigenvalue weighted by molar-refractivity contribution is 5.81. The number of nitrogens with one attached hydrogen (secondary N) is 1. The first kappa shape index (κ1) is 21.8. The van der Waals surface area contributed by atoms with Crippen LogP contribution < -0.4 is 10.2 Å². The molecule has 2 aromatic carbocycles. The lowest BCUT2D eigenvalue weighted by Crippen LogP contribution is -2.54. The average Bonchev–Trinajstić information content (AvgIpc) is 2.78. The number of benzene rings is 2. The zero-order valence-electron chi connectivity index (χ0n) is 17.7. The molecule has 7 heteroatoms. The molecule has 0 unspecified atom stereocenters. The van der Waals surface area contributed by atoms with Gasteiger partial charge in [-0.25, -0.2) is 0 Å². The van der Waals surface area contributed by atoms with E-state index in [9.17, 15) is 14.9 Å². The van der Waals surface area contributed by atoms with Crippen molar-refractivity contribution in [3.05, 3.63) is 70.3 Å². The summed E-state index contributed by atoms with van der Waals surface area (Å²) in [7, 11) is 0. The Balaban J connectivity index is 1.44. The fourth-order valence-electron chi connectivity index (χ4n) is 3.78. The highest BCUT2D eigenvalue weighted by atomic mass is 16.6. The number of piperazine rings is 1. The van der Waals surface area contributed by atoms with Gasteiger partial charge in [-0.15, -0.1) is 0 Å². The molecule has 1 saturated heterocycles. The van der Waals surface area contributed by atoms with E-state index in [0.717, 1.165) is 44.7 Å². The standard InChI is InChI=1S/C23H30N4O3/c1-18(8-9-20-6-4-3-5-7-20)24-23(28)19(2)25-14-16-26(17-15-25)21-10-12-22(13-11-21)27(29)30/h3-7,10-13,18-19H,8-9,14-17H2,1-2H3,(H,24,28)/t18-,19+/m0/s1. The summed E-state index contributed by atoms with van der Waals surface area (Å²) >= 11 is 0. The second kappa shape index (κ2) is 10.2. The Morgan fingerprint density at radius 3 is 2.27 bits per heavy atom. The lowest BCUT2D eigenvalue weighted by molar-refractivity contribution is -0.384. The molecule has 0 aromatic heterocycles. The van der Waals surface area contributed by atoms with Gasteiger partial charge in [0.15, 0.2) is 0 Å². The molecule has 30 heavy (non-hydrogen) atoms. The zero-order chi connectivity index (χ0) is 21.5. The predicted molar refractivity (Wildman–Crippen MR) is 119 cm³/mol. The van der Waals surface area contributed by atoms with Crippen molar-refractivity contribution in [2.75, 3.05) is 31.1 Å². The summed E-state index contributed by atoms with van der Waals surface area (Å²) in [6, 6.07) is 16.9. The molecular weight excluding hydrogens is 380 g/mol. The molecule has 160 valence electrons. The lowest BCUT2D eigenvalue weighted by atomic mass is 10.1. The van der Waals surface area contributed by atoms with E-state index in [4.69, 9.17) is 0 Å². The van der Waals surface area contributed by atoms with Crippen molar-refractivity contribution in [3.8, 4) is 0 Å². The quantitative estimate of drug-likeness (QED) is 0.534. The van der Waals surface area contributed by atoms with Gasteiger partial charge in [-0.3, -0.25) is 19.8 Å². The second-order valence-electron chi connectivity index (χ2n) is 7.91. The predicted octanol–water partition coefficient (Wildman–Crippen LogP) is 3.24. The number of carbonyl (C=O) groups excluding carboxylic acids is 1. The zero-order valence-corrected chi connectivity index (χ0v) is 17.7. The van der Waals surface area contributed by atoms with Crippen LogP contribution in [0.1, 0.15) is 25.8 Å². The molecule has 2 atom stereocenters. The maximum atomic E-state index is 12.7. The average molecular weight is 411 g/mol. The highest BCUT2D eigenvalue weighted by Crippen LogP contribution is 2.21. The second-order valence-corrected chi connectivity index (χ2v) is 7.91. The van der Waals surface area contributed by atoms with Gasteiger partial charge in [0.25, 0.3) is 5.69 Å². The maximum absolute atomic E-state index is 12.7. The van der Waals surface area contributed by atoms with E-state index in [1.54, 1.807) is 12.1 Å². The fourth-order valence-corrected chi connectivity index (χ4v) is 3.78. The van der Waals surface area contributed by atoms with E-state index >= 15 is 0 Å². The van der Waals surface area contributed by atoms with Gasteiger partial charge < -0.3 is 10.2 Å². The molecule has 1 amide bonds. The van der Waals surface area contributed by atoms with E-state index in [1.165, 1.54) is 17.7 Å². The van der Waals surface area contributed by atoms with Crippen LogP contribution in [0, 0.1) is 10.1 Å². The van der Waals surface area contributed by atoms with Crippen molar-refractivity contribution in [3.63, 3.8) is 0 Å². The number of hydrogen-bond acceptors (Lipinski definition) is 5. The smallest absolute Gasteiger partial charge is 0.269 e. The third kappa shape index (κ3) is 5.79. The number of nitrogens with zero attached hydrogens (tertiary/aromatic N) is 3. The van der Waals surface area contributed by atoms with Crippen LogP contribution >= 0.6 is 0 Å². The molecule has 0 radical (unpaired) electrons. The first-order valence-electron chi connectivity index (χ1n) is 10.5. The van der Waals surface area contributed by atoms with Gasteiger partial charge in [-0.05, 0) is 44.4 Å². The minimum Gasteiger partial charge on any atom is -0.369 e. The maximum Gasteiger partial charge on any atom is 0.269 e. The summed E-state index contributed by atoms with van der Waals surface area (Å²) in [5.74, 6) is 0.0688. The van der Waals surface area contributed by atoms with E-state index < -0.39 is 0 Å². The Bertz CT molecular complexity index is 833. The molecule has 0 saturated carbocycles. The summed E-state index contributed by atoms with van der Waals surface area (Å²) in [5.41, 5.74) is 2.37. The Hall–Kier alpha value is -2.93. The van der Waals surface area contributed by atoms with Crippen molar-refractivity contribution in [1.82, 2.24) is 10.2 Å². The van der Waals surface area contributed by atoms with E-state index in [2.05, 4.69) is 34.2 Å². The number of hydrogen-bond donors (Lipinski definition) is 1. The molecule has 0 bridgehead atoms. The van der Waals surface area contributed by atoms with E-state index in [-0.39, 0.29) is 28.6 Å². The molecule has 0 spiro atoms. The van der Waals surface area contributed by atoms with Crippen LogP contribution in [0.2, 0.25) is 0 Å². The van der Waals surface area contributed by atoms with Gasteiger partial charge in [-0.2, -0.15) is 0 Å². The van der Waals surface area contributed by atoms with E-state index in [1.807, 2.05) is 25.1 Å². The van der Waals surface area contributed by atoms with Crippen LogP contribution in [0.15, 0.2) is 54.6 Å². The van der Waals surface area contributed by atoms with Gasteiger partial charge >= 0.3 is 0 Å². The Morgan fingerprint density at radius 1 is 1.03 bits per heavy atom. The van der Waals surface area contributed by atoms with Crippen LogP contribution in [0.25, 0.3) is 0 Å². The monoisotopic (exact) mass is 410 g/mol. The third-order valence-corrected chi connectivity index (χ3v) is 5.76. The van der Waals surface area contributed by atoms with Crippen LogP contribution in [-0.2, 0) is 11.2 Å². The largest absolute Gasteiger partial charge is 0.369 e. The number of nitro benzene ring substituents is 1. The molecule has 1 aliphatic rings. The SMILES string of the molecule is C[C@H](C(=O)N[C@@H](C)CCc1ccccc1)N1CCN(c2ccc([N+](=O)[O-])cc2)CC1. The van der Waals surface area contributed by atoms with Gasteiger partial charge in [0.1, 0.15) is 0 Å². The van der Waals surface area contributed by atoms with E-state index in [0.29, 0.717) is 0 Å². The molecule has 1 fully saturated rings. The van der Waals surface area contributed by atoms with Gasteiger partial charge in [0.05, 0.1) is 11.0 Å². The summed E-state index contributed by atoms with van der Waals surface area (Å²) in [4.78, 5) is 27.5. The van der Waals surface area contributed by atoms with Crippen molar-refractivity contribution < 1.29 is 9.72 Å². The summed E-state index contributed by atoms with van der Waals surface area (Å²) in [5, 5.41) is 14.0. The Kier molecular flexibility index (Phi) is 7.41. The summed E-state index contributed by atoms with van der Waals surface area (Å²) in [6.07, 6.45) is 1.86. The first-order chi connectivity index (χ1) is 14.4. The third-order valence-electron chi connectivity index (χ3n) is 5.76. The molecule has 1 N–H and O–H groups in total. The number of anilines is 1. The normalized spacial score (nSPS) is 16.7. The van der Waals surface area contributed by atoms with Gasteiger partial charge in [-0.1, -0.05) is 30.3 Å². The Labute approximate surface area is 177 Å². The van der Waals surface area contributed by atoms with Crippen LogP contribution in [-0.4, -0.2) is 54.0 Å². The van der Waals surface area contributed by atoms with Crippen molar-refractivity contribution in [1.29, 1.82) is 0 Å². The molecular formula is C23H30N4O3. The van der Waals surface area contributed by atoms with Gasteiger partial charge in [0.2, 0.25) is 5.91 Å². The van der Waals surface area contributed by atoms with Crippen LogP contribution in [0.4, 0.5) is 11.4 Å². The van der Waals surface area contributed by atoms with Gasteiger partial charge in [0, 0.05) is 50.0 Å². The number of nitro groups is 1. The summed E-state index contributed by atoms with van der Waals surface area (Å²) < 4.78 is 0. The molecule has 0 aliphatic carbocycles. The lowest BCUT2D eigenvalue weighted by Gasteiger charge is -2.38. The molecule has 1 aliphatic heterocycles. The van der Waals surface area contributed by atoms with Crippen molar-refractivity contribution in [2.45, 2.75) is 38.8 Å². The minimum absolute atomic E-state index is 0.0688. The van der Waals surface area contributed by atoms with Crippen LogP contribution in [0.5, 0.6) is 0 Å². The highest BCUT2D eigenvalue weighted by Gasteiger charge is 2.26. The van der Waals surface area contributed by atoms with Crippen molar-refractivity contribution >= 4 is 17.3 Å². The minimum atomic E-state index is -0.386. The number of rotatable bonds is 8. The topological polar surface area (TPSA) is 78.7 Å². The molecule has 1 heterocycles. The van der Waals surface area contributed by atoms with Crippen molar-refractivity contribution in [2.24, 2.45) is 0 Å². The number of carbonyl (C=O) groups is 1. The first-order valence-corrected chi connectivity index (χ1v) is 10.5.